The van der Waals surface area contributed by atoms with Crippen LogP contribution in [0.1, 0.15) is 0 Å². The number of nitrogens with one attached hydrogen (secondary N) is 1. The third kappa shape index (κ3) is 5.20. The van der Waals surface area contributed by atoms with Crippen molar-refractivity contribution in [1.82, 2.24) is 0 Å². The van der Waals surface area contributed by atoms with Crippen LogP contribution in [0.25, 0.3) is 0 Å². The lowest BCUT2D eigenvalue weighted by Gasteiger charge is -2.24. The predicted molar refractivity (Wildman–Crippen MR) is 108 cm³/mol. The molecule has 2 rings (SSSR count). The maximum atomic E-state index is 12.6. The largest absolute Gasteiger partial charge is 0.497 e. The summed E-state index contributed by atoms with van der Waals surface area (Å²) in [5.74, 6) is 0.499. The second kappa shape index (κ2) is 9.03. The van der Waals surface area contributed by atoms with Gasteiger partial charge in [0, 0.05) is 11.1 Å². The highest BCUT2D eigenvalue weighted by Crippen LogP contribution is 2.34. The molecule has 1 amide bonds. The monoisotopic (exact) mass is 428 g/mol. The summed E-state index contributed by atoms with van der Waals surface area (Å²) in [5.41, 5.74) is 0.503. The summed E-state index contributed by atoms with van der Waals surface area (Å²) in [5, 5.41) is 3.01. The van der Waals surface area contributed by atoms with Crippen molar-refractivity contribution in [3.8, 4) is 17.2 Å². The van der Waals surface area contributed by atoms with Crippen LogP contribution in [0.5, 0.6) is 17.2 Å². The molecule has 1 N–H and O–H groups in total. The highest BCUT2D eigenvalue weighted by molar-refractivity contribution is 7.92. The topological polar surface area (TPSA) is 94.2 Å². The number of carbonyl (C=O) groups excluding carboxylic acids is 1. The minimum absolute atomic E-state index is 0.178. The van der Waals surface area contributed by atoms with Gasteiger partial charge in [-0.25, -0.2) is 8.42 Å². The molecule has 8 nitrogen and oxygen atoms in total. The molecule has 2 aromatic rings. The van der Waals surface area contributed by atoms with Crippen molar-refractivity contribution in [3.05, 3.63) is 41.4 Å². The second-order valence-electron chi connectivity index (χ2n) is 5.70. The fraction of sp³-hybridized carbons (Fsp3) is 0.278. The lowest BCUT2D eigenvalue weighted by molar-refractivity contribution is -0.114. The van der Waals surface area contributed by atoms with Gasteiger partial charge < -0.3 is 19.5 Å². The average Bonchev–Trinajstić information content (AvgIpc) is 2.65. The van der Waals surface area contributed by atoms with E-state index in [0.29, 0.717) is 22.2 Å². The molecule has 0 fully saturated rings. The zero-order valence-corrected chi connectivity index (χ0v) is 17.4. The van der Waals surface area contributed by atoms with E-state index in [4.69, 9.17) is 25.8 Å². The van der Waals surface area contributed by atoms with Gasteiger partial charge in [-0.15, -0.1) is 0 Å². The summed E-state index contributed by atoms with van der Waals surface area (Å²) in [6.07, 6.45) is 0.999. The van der Waals surface area contributed by atoms with E-state index in [1.54, 1.807) is 24.3 Å². The highest BCUT2D eigenvalue weighted by Gasteiger charge is 2.25. The number of anilines is 2. The molecule has 0 atom stereocenters. The molecular formula is C18H21ClN2O6S. The molecule has 2 aromatic carbocycles. The summed E-state index contributed by atoms with van der Waals surface area (Å²) in [6.45, 7) is -0.488. The van der Waals surface area contributed by atoms with Crippen LogP contribution < -0.4 is 23.8 Å². The SMILES string of the molecule is COc1ccc(OC)c(N(CC(=O)Nc2cc(Cl)ccc2OC)S(C)(=O)=O)c1. The van der Waals surface area contributed by atoms with Crippen molar-refractivity contribution in [2.75, 3.05) is 43.8 Å². The number of sulfonamides is 1. The number of halogens is 1. The van der Waals surface area contributed by atoms with Gasteiger partial charge in [0.1, 0.15) is 23.8 Å². The molecule has 0 aliphatic heterocycles. The standard InChI is InChI=1S/C18H21ClN2O6S/c1-25-13-6-8-17(27-3)15(10-13)21(28(4,23)24)11-18(22)20-14-9-12(19)5-7-16(14)26-2/h5-10H,11H2,1-4H3,(H,20,22). The summed E-state index contributed by atoms with van der Waals surface area (Å²) in [6, 6.07) is 9.38. The zero-order chi connectivity index (χ0) is 20.9. The van der Waals surface area contributed by atoms with Gasteiger partial charge in [-0.05, 0) is 30.3 Å². The smallest absolute Gasteiger partial charge is 0.245 e. The number of carbonyl (C=O) groups is 1. The average molecular weight is 429 g/mol. The molecule has 0 saturated heterocycles. The van der Waals surface area contributed by atoms with Gasteiger partial charge >= 0.3 is 0 Å². The lowest BCUT2D eigenvalue weighted by atomic mass is 10.2. The number of amides is 1. The Hall–Kier alpha value is -2.65. The molecule has 0 radical (unpaired) electrons. The number of methoxy groups -OCH3 is 3. The Bertz CT molecular complexity index is 965. The molecule has 152 valence electrons. The maximum absolute atomic E-state index is 12.6. The number of benzene rings is 2. The molecule has 28 heavy (non-hydrogen) atoms. The molecule has 0 unspecified atom stereocenters. The fourth-order valence-electron chi connectivity index (χ4n) is 2.47. The van der Waals surface area contributed by atoms with E-state index in [1.807, 2.05) is 0 Å². The van der Waals surface area contributed by atoms with Crippen molar-refractivity contribution in [2.24, 2.45) is 0 Å². The van der Waals surface area contributed by atoms with E-state index in [9.17, 15) is 13.2 Å². The lowest BCUT2D eigenvalue weighted by Crippen LogP contribution is -2.37. The van der Waals surface area contributed by atoms with Crippen molar-refractivity contribution < 1.29 is 27.4 Å². The Morgan fingerprint density at radius 3 is 2.25 bits per heavy atom. The molecule has 0 saturated carbocycles. The van der Waals surface area contributed by atoms with Gasteiger partial charge in [-0.1, -0.05) is 11.6 Å². The molecule has 0 spiro atoms. The van der Waals surface area contributed by atoms with Crippen molar-refractivity contribution in [2.45, 2.75) is 0 Å². The van der Waals surface area contributed by atoms with Gasteiger partial charge in [-0.2, -0.15) is 0 Å². The Labute approximate surface area is 169 Å². The van der Waals surface area contributed by atoms with Crippen LogP contribution in [0.15, 0.2) is 36.4 Å². The number of nitrogens with zero attached hydrogens (tertiary/aromatic N) is 1. The summed E-state index contributed by atoms with van der Waals surface area (Å²) >= 11 is 5.96. The maximum Gasteiger partial charge on any atom is 0.245 e. The van der Waals surface area contributed by atoms with E-state index in [2.05, 4.69) is 5.32 Å². The van der Waals surface area contributed by atoms with Crippen LogP contribution in [-0.2, 0) is 14.8 Å². The van der Waals surface area contributed by atoms with E-state index >= 15 is 0 Å². The quantitative estimate of drug-likeness (QED) is 0.694. The Kier molecular flexibility index (Phi) is 6.98. The molecule has 0 aromatic heterocycles. The van der Waals surface area contributed by atoms with Gasteiger partial charge in [0.15, 0.2) is 0 Å². The molecular weight excluding hydrogens is 408 g/mol. The van der Waals surface area contributed by atoms with Crippen molar-refractivity contribution in [1.29, 1.82) is 0 Å². The summed E-state index contributed by atoms with van der Waals surface area (Å²) in [7, 11) is 0.498. The Morgan fingerprint density at radius 2 is 1.68 bits per heavy atom. The fourth-order valence-corrected chi connectivity index (χ4v) is 3.49. The number of hydrogen-bond donors (Lipinski definition) is 1. The first-order chi connectivity index (χ1) is 13.2. The first-order valence-electron chi connectivity index (χ1n) is 8.02. The second-order valence-corrected chi connectivity index (χ2v) is 8.04. The predicted octanol–water partition coefficient (Wildman–Crippen LogP) is 2.77. The number of rotatable bonds is 8. The Morgan fingerprint density at radius 1 is 1.04 bits per heavy atom. The van der Waals surface area contributed by atoms with Crippen LogP contribution in [0.2, 0.25) is 5.02 Å². The normalized spacial score (nSPS) is 10.9. The minimum Gasteiger partial charge on any atom is -0.497 e. The molecule has 0 bridgehead atoms. The van der Waals surface area contributed by atoms with Crippen LogP contribution >= 0.6 is 11.6 Å². The van der Waals surface area contributed by atoms with Crippen molar-refractivity contribution >= 4 is 38.9 Å². The molecule has 10 heteroatoms. The number of ether oxygens (including phenoxy) is 3. The van der Waals surface area contributed by atoms with Crippen LogP contribution in [0.3, 0.4) is 0 Å². The van der Waals surface area contributed by atoms with Crippen LogP contribution in [0.4, 0.5) is 11.4 Å². The van der Waals surface area contributed by atoms with Gasteiger partial charge in [-0.3, -0.25) is 9.10 Å². The van der Waals surface area contributed by atoms with Crippen LogP contribution in [0, 0.1) is 0 Å². The first-order valence-corrected chi connectivity index (χ1v) is 10.3. The third-order valence-electron chi connectivity index (χ3n) is 3.78. The molecule has 0 heterocycles. The third-order valence-corrected chi connectivity index (χ3v) is 5.14. The van der Waals surface area contributed by atoms with E-state index in [0.717, 1.165) is 10.6 Å². The van der Waals surface area contributed by atoms with Crippen molar-refractivity contribution in [3.63, 3.8) is 0 Å². The summed E-state index contributed by atoms with van der Waals surface area (Å²) in [4.78, 5) is 12.6. The summed E-state index contributed by atoms with van der Waals surface area (Å²) < 4.78 is 41.2. The highest BCUT2D eigenvalue weighted by atomic mass is 35.5. The van der Waals surface area contributed by atoms with E-state index in [1.165, 1.54) is 33.5 Å². The van der Waals surface area contributed by atoms with Gasteiger partial charge in [0.2, 0.25) is 15.9 Å². The van der Waals surface area contributed by atoms with E-state index < -0.39 is 22.5 Å². The molecule has 0 aliphatic carbocycles. The van der Waals surface area contributed by atoms with Gasteiger partial charge in [0.05, 0.1) is 39.0 Å². The first kappa shape index (κ1) is 21.6. The minimum atomic E-state index is -3.81. The zero-order valence-electron chi connectivity index (χ0n) is 15.9. The Balaban J connectivity index is 2.37. The van der Waals surface area contributed by atoms with Gasteiger partial charge in [0.25, 0.3) is 0 Å². The van der Waals surface area contributed by atoms with E-state index in [-0.39, 0.29) is 11.4 Å². The number of hydrogen-bond acceptors (Lipinski definition) is 6. The van der Waals surface area contributed by atoms with Crippen LogP contribution in [-0.4, -0.2) is 48.5 Å². The molecule has 0 aliphatic rings.